The van der Waals surface area contributed by atoms with Crippen molar-refractivity contribution in [1.29, 1.82) is 0 Å². The standard InChI is InChI=1S/C8H13N3OS/c1-3-4-5-11-6-7(12)9-8(10-11)13-2/h6H,3-5H2,1-2H3. The first-order chi connectivity index (χ1) is 6.26. The fraction of sp³-hybridized carbons (Fsp3) is 0.625. The van der Waals surface area contributed by atoms with E-state index in [2.05, 4.69) is 17.0 Å². The summed E-state index contributed by atoms with van der Waals surface area (Å²) in [6, 6.07) is 0. The van der Waals surface area contributed by atoms with Crippen LogP contribution < -0.4 is 9.79 Å². The first-order valence-electron chi connectivity index (χ1n) is 4.26. The largest absolute Gasteiger partial charge is 0.854 e. The van der Waals surface area contributed by atoms with Crippen LogP contribution in [0.15, 0.2) is 11.4 Å². The highest BCUT2D eigenvalue weighted by Crippen LogP contribution is 2.06. The van der Waals surface area contributed by atoms with E-state index in [-0.39, 0.29) is 5.88 Å². The van der Waals surface area contributed by atoms with Gasteiger partial charge in [-0.25, -0.2) is 4.98 Å². The second-order valence-corrected chi connectivity index (χ2v) is 3.46. The Kier molecular flexibility index (Phi) is 3.95. The van der Waals surface area contributed by atoms with E-state index in [0.29, 0.717) is 5.16 Å². The van der Waals surface area contributed by atoms with Crippen molar-refractivity contribution in [2.45, 2.75) is 31.5 Å². The zero-order valence-corrected chi connectivity index (χ0v) is 8.67. The van der Waals surface area contributed by atoms with Gasteiger partial charge in [-0.05, 0) is 6.26 Å². The van der Waals surface area contributed by atoms with E-state index < -0.39 is 0 Å². The molecule has 0 spiro atoms. The minimum atomic E-state index is -0.213. The molecule has 1 rings (SSSR count). The molecule has 1 aromatic rings. The minimum absolute atomic E-state index is 0.213. The summed E-state index contributed by atoms with van der Waals surface area (Å²) in [7, 11) is 0. The molecule has 13 heavy (non-hydrogen) atoms. The van der Waals surface area contributed by atoms with E-state index in [1.165, 1.54) is 18.0 Å². The van der Waals surface area contributed by atoms with Crippen LogP contribution in [-0.2, 0) is 6.54 Å². The molecule has 1 heterocycles. The molecule has 0 atom stereocenters. The second-order valence-electron chi connectivity index (χ2n) is 2.68. The van der Waals surface area contributed by atoms with Crippen molar-refractivity contribution in [3.8, 4) is 5.88 Å². The lowest BCUT2D eigenvalue weighted by Gasteiger charge is -2.02. The molecule has 0 aliphatic heterocycles. The Labute approximate surface area is 82.0 Å². The molecule has 5 heteroatoms. The number of nitrogens with zero attached hydrogens (tertiary/aromatic N) is 3. The Hall–Kier alpha value is -0.840. The molecular formula is C8H13N3OS. The normalized spacial score (nSPS) is 10.3. The van der Waals surface area contributed by atoms with Crippen LogP contribution in [0.3, 0.4) is 0 Å². The van der Waals surface area contributed by atoms with Gasteiger partial charge in [-0.15, -0.1) is 0 Å². The summed E-state index contributed by atoms with van der Waals surface area (Å²) in [5.74, 6) is -0.213. The van der Waals surface area contributed by atoms with Crippen molar-refractivity contribution < 1.29 is 9.79 Å². The second kappa shape index (κ2) is 5.01. The summed E-state index contributed by atoms with van der Waals surface area (Å²) in [5.41, 5.74) is 0. The predicted octanol–water partition coefficient (Wildman–Crippen LogP) is 0.360. The molecule has 0 amide bonds. The van der Waals surface area contributed by atoms with Crippen molar-refractivity contribution in [1.82, 2.24) is 10.1 Å². The molecule has 0 aromatic carbocycles. The Morgan fingerprint density at radius 1 is 1.62 bits per heavy atom. The first kappa shape index (κ1) is 10.2. The van der Waals surface area contributed by atoms with Crippen LogP contribution in [0.4, 0.5) is 0 Å². The maximum Gasteiger partial charge on any atom is 0.253 e. The molecule has 4 nitrogen and oxygen atoms in total. The summed E-state index contributed by atoms with van der Waals surface area (Å²) in [6.07, 6.45) is 5.43. The lowest BCUT2D eigenvalue weighted by Crippen LogP contribution is -2.39. The van der Waals surface area contributed by atoms with Gasteiger partial charge in [0, 0.05) is 11.5 Å². The highest BCUT2D eigenvalue weighted by molar-refractivity contribution is 7.98. The smallest absolute Gasteiger partial charge is 0.253 e. The van der Waals surface area contributed by atoms with Gasteiger partial charge < -0.3 is 5.11 Å². The van der Waals surface area contributed by atoms with E-state index in [1.807, 2.05) is 6.26 Å². The highest BCUT2D eigenvalue weighted by Gasteiger charge is 2.05. The molecule has 0 bridgehead atoms. The van der Waals surface area contributed by atoms with Crippen molar-refractivity contribution in [2.24, 2.45) is 0 Å². The van der Waals surface area contributed by atoms with Gasteiger partial charge in [0.25, 0.3) is 5.16 Å². The highest BCUT2D eigenvalue weighted by atomic mass is 32.2. The maximum atomic E-state index is 11.0. The van der Waals surface area contributed by atoms with Crippen LogP contribution in [0.1, 0.15) is 19.8 Å². The monoisotopic (exact) mass is 199 g/mol. The van der Waals surface area contributed by atoms with Gasteiger partial charge in [0.2, 0.25) is 6.20 Å². The molecule has 0 N–H and O–H groups in total. The number of thioether (sulfide) groups is 1. The van der Waals surface area contributed by atoms with Crippen LogP contribution in [0.2, 0.25) is 0 Å². The van der Waals surface area contributed by atoms with Gasteiger partial charge in [0.05, 0.1) is 5.88 Å². The zero-order chi connectivity index (χ0) is 9.68. The van der Waals surface area contributed by atoms with E-state index in [4.69, 9.17) is 0 Å². The number of hydrogen-bond donors (Lipinski definition) is 0. The third kappa shape index (κ3) is 3.18. The summed E-state index contributed by atoms with van der Waals surface area (Å²) in [6.45, 7) is 2.90. The predicted molar refractivity (Wildman–Crippen MR) is 48.4 cm³/mol. The molecule has 1 aromatic heterocycles. The van der Waals surface area contributed by atoms with Crippen molar-refractivity contribution in [3.05, 3.63) is 6.20 Å². The Morgan fingerprint density at radius 2 is 2.38 bits per heavy atom. The van der Waals surface area contributed by atoms with Crippen LogP contribution in [0.5, 0.6) is 5.88 Å². The number of hydrogen-bond acceptors (Lipinski definition) is 4. The number of aryl methyl sites for hydroxylation is 1. The van der Waals surface area contributed by atoms with Gasteiger partial charge in [-0.2, -0.15) is 0 Å². The maximum absolute atomic E-state index is 11.0. The van der Waals surface area contributed by atoms with Crippen LogP contribution in [0, 0.1) is 0 Å². The molecular weight excluding hydrogens is 186 g/mol. The first-order valence-corrected chi connectivity index (χ1v) is 5.48. The third-order valence-corrected chi connectivity index (χ3v) is 2.14. The van der Waals surface area contributed by atoms with Gasteiger partial charge in [-0.1, -0.05) is 29.8 Å². The molecule has 0 saturated carbocycles. The average Bonchev–Trinajstić information content (AvgIpc) is 2.14. The van der Waals surface area contributed by atoms with Crippen LogP contribution in [-0.4, -0.2) is 16.3 Å². The van der Waals surface area contributed by atoms with Crippen molar-refractivity contribution in [3.63, 3.8) is 0 Å². The number of unbranched alkanes of at least 4 members (excludes halogenated alkanes) is 1. The molecule has 72 valence electrons. The summed E-state index contributed by atoms with van der Waals surface area (Å²) in [5, 5.41) is 15.8. The Balaban J connectivity index is 2.76. The van der Waals surface area contributed by atoms with Gasteiger partial charge >= 0.3 is 0 Å². The van der Waals surface area contributed by atoms with E-state index in [9.17, 15) is 5.11 Å². The topological polar surface area (TPSA) is 52.7 Å². The summed E-state index contributed by atoms with van der Waals surface area (Å²) >= 11 is 1.39. The fourth-order valence-electron chi connectivity index (χ4n) is 0.933. The summed E-state index contributed by atoms with van der Waals surface area (Å²) < 4.78 is 1.67. The lowest BCUT2D eigenvalue weighted by molar-refractivity contribution is -0.760. The van der Waals surface area contributed by atoms with Crippen LogP contribution >= 0.6 is 11.8 Å². The molecule has 0 radical (unpaired) electrons. The Bertz CT molecular complexity index is 280. The SMILES string of the molecule is CCCC[n+]1cc([O-])nc(SC)n1. The molecule has 0 aliphatic carbocycles. The number of aromatic nitrogens is 3. The quantitative estimate of drug-likeness (QED) is 0.519. The van der Waals surface area contributed by atoms with E-state index in [1.54, 1.807) is 4.68 Å². The van der Waals surface area contributed by atoms with E-state index in [0.717, 1.165) is 19.4 Å². The van der Waals surface area contributed by atoms with Gasteiger partial charge in [-0.3, -0.25) is 0 Å². The van der Waals surface area contributed by atoms with E-state index >= 15 is 0 Å². The van der Waals surface area contributed by atoms with Gasteiger partial charge in [0.1, 0.15) is 0 Å². The molecule has 0 saturated heterocycles. The van der Waals surface area contributed by atoms with Gasteiger partial charge in [0.15, 0.2) is 6.54 Å². The van der Waals surface area contributed by atoms with Crippen molar-refractivity contribution in [2.75, 3.05) is 6.26 Å². The zero-order valence-electron chi connectivity index (χ0n) is 7.86. The third-order valence-electron chi connectivity index (χ3n) is 1.60. The minimum Gasteiger partial charge on any atom is -0.854 e. The Morgan fingerprint density at radius 3 is 3.00 bits per heavy atom. The fourth-order valence-corrected chi connectivity index (χ4v) is 1.30. The summed E-state index contributed by atoms with van der Waals surface area (Å²) in [4.78, 5) is 3.74. The number of rotatable bonds is 4. The molecule has 0 unspecified atom stereocenters. The van der Waals surface area contributed by atoms with Crippen molar-refractivity contribution >= 4 is 11.8 Å². The lowest BCUT2D eigenvalue weighted by atomic mass is 10.3. The average molecular weight is 199 g/mol. The molecule has 0 aliphatic rings. The van der Waals surface area contributed by atoms with Crippen LogP contribution in [0.25, 0.3) is 0 Å². The molecule has 0 fully saturated rings.